The molecular formula is C20H17N5O. The number of pyridine rings is 2. The Hall–Kier alpha value is -3.72. The second-order valence-electron chi connectivity index (χ2n) is 5.69. The smallest absolute Gasteiger partial charge is 0.255 e. The van der Waals surface area contributed by atoms with Crippen molar-refractivity contribution in [1.82, 2.24) is 9.97 Å². The number of aromatic nitrogens is 2. The molecule has 128 valence electrons. The van der Waals surface area contributed by atoms with E-state index in [1.165, 1.54) is 0 Å². The average Bonchev–Trinajstić information content (AvgIpc) is 2.69. The first-order valence-corrected chi connectivity index (χ1v) is 8.10. The van der Waals surface area contributed by atoms with E-state index >= 15 is 0 Å². The monoisotopic (exact) mass is 343 g/mol. The molecule has 2 heterocycles. The van der Waals surface area contributed by atoms with Crippen molar-refractivity contribution in [3.63, 3.8) is 0 Å². The Bertz CT molecular complexity index is 932. The fraction of sp³-hybridized carbons (Fsp3) is 0.100. The molecule has 0 saturated heterocycles. The van der Waals surface area contributed by atoms with Gasteiger partial charge in [-0.25, -0.2) is 4.98 Å². The summed E-state index contributed by atoms with van der Waals surface area (Å²) in [6.45, 7) is 1.99. The Morgan fingerprint density at radius 2 is 1.81 bits per heavy atom. The van der Waals surface area contributed by atoms with Crippen LogP contribution in [0.25, 0.3) is 0 Å². The minimum absolute atomic E-state index is 0.0399. The van der Waals surface area contributed by atoms with Gasteiger partial charge in [-0.1, -0.05) is 12.1 Å². The molecule has 3 aromatic rings. The lowest BCUT2D eigenvalue weighted by molar-refractivity contribution is 0.102. The summed E-state index contributed by atoms with van der Waals surface area (Å²) in [5.41, 5.74) is 2.78. The maximum Gasteiger partial charge on any atom is 0.255 e. The number of carbonyl (C=O) groups excluding carboxylic acids is 1. The molecule has 6 heteroatoms. The van der Waals surface area contributed by atoms with Crippen LogP contribution in [0, 0.1) is 11.3 Å². The molecule has 1 aromatic carbocycles. The Balaban J connectivity index is 1.67. The number of benzene rings is 1. The van der Waals surface area contributed by atoms with Crippen molar-refractivity contribution in [3.8, 4) is 6.07 Å². The minimum atomic E-state index is -0.182. The lowest BCUT2D eigenvalue weighted by Crippen LogP contribution is -2.12. The predicted molar refractivity (Wildman–Crippen MR) is 99.6 cm³/mol. The van der Waals surface area contributed by atoms with Gasteiger partial charge in [0.15, 0.2) is 0 Å². The Labute approximate surface area is 151 Å². The van der Waals surface area contributed by atoms with E-state index in [-0.39, 0.29) is 11.9 Å². The molecule has 2 aromatic heterocycles. The highest BCUT2D eigenvalue weighted by Crippen LogP contribution is 2.21. The van der Waals surface area contributed by atoms with Crippen LogP contribution in [0.1, 0.15) is 34.5 Å². The molecule has 2 N–H and O–H groups in total. The normalized spacial score (nSPS) is 11.2. The summed E-state index contributed by atoms with van der Waals surface area (Å²) in [4.78, 5) is 20.3. The number of rotatable bonds is 5. The van der Waals surface area contributed by atoms with Crippen LogP contribution in [0.5, 0.6) is 0 Å². The first-order valence-electron chi connectivity index (χ1n) is 8.10. The molecule has 0 aliphatic heterocycles. The first kappa shape index (κ1) is 17.1. The molecule has 0 fully saturated rings. The highest BCUT2D eigenvalue weighted by Gasteiger charge is 2.10. The zero-order valence-electron chi connectivity index (χ0n) is 14.2. The largest absolute Gasteiger partial charge is 0.362 e. The van der Waals surface area contributed by atoms with E-state index in [4.69, 9.17) is 5.26 Å². The summed E-state index contributed by atoms with van der Waals surface area (Å²) in [5.74, 6) is 0.371. The number of nitrogens with one attached hydrogen (secondary N) is 2. The van der Waals surface area contributed by atoms with Crippen molar-refractivity contribution >= 4 is 17.4 Å². The molecule has 1 unspecified atom stereocenters. The van der Waals surface area contributed by atoms with Crippen LogP contribution >= 0.6 is 0 Å². The summed E-state index contributed by atoms with van der Waals surface area (Å²) in [5, 5.41) is 15.2. The maximum atomic E-state index is 12.2. The third-order valence-electron chi connectivity index (χ3n) is 3.89. The van der Waals surface area contributed by atoms with Crippen LogP contribution < -0.4 is 10.6 Å². The van der Waals surface area contributed by atoms with Gasteiger partial charge in [-0.15, -0.1) is 0 Å². The zero-order chi connectivity index (χ0) is 18.4. The van der Waals surface area contributed by atoms with Gasteiger partial charge in [0.25, 0.3) is 5.91 Å². The molecule has 0 spiro atoms. The number of anilines is 2. The van der Waals surface area contributed by atoms with Gasteiger partial charge in [0.1, 0.15) is 11.9 Å². The standard InChI is InChI=1S/C20H17N5O/c1-14(24-19-17(13-21)3-2-10-23-19)15-4-6-18(7-5-15)25-20(26)16-8-11-22-12-9-16/h2-12,14H,1H3,(H,23,24)(H,25,26). The van der Waals surface area contributed by atoms with Crippen molar-refractivity contribution in [3.05, 3.63) is 83.8 Å². The van der Waals surface area contributed by atoms with Crippen molar-refractivity contribution in [2.75, 3.05) is 10.6 Å². The molecule has 6 nitrogen and oxygen atoms in total. The van der Waals surface area contributed by atoms with Crippen LogP contribution in [0.15, 0.2) is 67.1 Å². The van der Waals surface area contributed by atoms with Gasteiger partial charge >= 0.3 is 0 Å². The van der Waals surface area contributed by atoms with Gasteiger partial charge < -0.3 is 10.6 Å². The second-order valence-corrected chi connectivity index (χ2v) is 5.69. The number of hydrogen-bond acceptors (Lipinski definition) is 5. The van der Waals surface area contributed by atoms with E-state index in [0.29, 0.717) is 22.6 Å². The van der Waals surface area contributed by atoms with E-state index in [2.05, 4.69) is 26.7 Å². The molecule has 3 rings (SSSR count). The number of carbonyl (C=O) groups is 1. The van der Waals surface area contributed by atoms with Gasteiger partial charge in [0, 0.05) is 35.9 Å². The van der Waals surface area contributed by atoms with Gasteiger partial charge in [-0.2, -0.15) is 5.26 Å². The van der Waals surface area contributed by atoms with Crippen LogP contribution in [-0.2, 0) is 0 Å². The summed E-state index contributed by atoms with van der Waals surface area (Å²) in [7, 11) is 0. The maximum absolute atomic E-state index is 12.2. The van der Waals surface area contributed by atoms with Gasteiger partial charge in [-0.3, -0.25) is 9.78 Å². The molecule has 1 amide bonds. The van der Waals surface area contributed by atoms with E-state index in [1.807, 2.05) is 31.2 Å². The van der Waals surface area contributed by atoms with Gasteiger partial charge in [0.05, 0.1) is 5.56 Å². The topological polar surface area (TPSA) is 90.7 Å². The molecule has 26 heavy (non-hydrogen) atoms. The minimum Gasteiger partial charge on any atom is -0.362 e. The lowest BCUT2D eigenvalue weighted by Gasteiger charge is -2.16. The molecule has 1 atom stereocenters. The van der Waals surface area contributed by atoms with E-state index in [9.17, 15) is 4.79 Å². The van der Waals surface area contributed by atoms with Crippen LogP contribution in [0.4, 0.5) is 11.5 Å². The summed E-state index contributed by atoms with van der Waals surface area (Å²) in [6.07, 6.45) is 4.81. The highest BCUT2D eigenvalue weighted by atomic mass is 16.1. The number of nitrogens with zero attached hydrogens (tertiary/aromatic N) is 3. The van der Waals surface area contributed by atoms with Crippen molar-refractivity contribution in [1.29, 1.82) is 5.26 Å². The fourth-order valence-corrected chi connectivity index (χ4v) is 2.46. The molecule has 0 aliphatic rings. The third kappa shape index (κ3) is 4.02. The molecule has 0 aliphatic carbocycles. The Morgan fingerprint density at radius 1 is 1.08 bits per heavy atom. The van der Waals surface area contributed by atoms with Crippen LogP contribution in [-0.4, -0.2) is 15.9 Å². The number of nitriles is 1. The van der Waals surface area contributed by atoms with E-state index in [0.717, 1.165) is 5.56 Å². The lowest BCUT2D eigenvalue weighted by atomic mass is 10.1. The average molecular weight is 343 g/mol. The van der Waals surface area contributed by atoms with Crippen molar-refractivity contribution < 1.29 is 4.79 Å². The van der Waals surface area contributed by atoms with Crippen molar-refractivity contribution in [2.45, 2.75) is 13.0 Å². The first-order chi connectivity index (χ1) is 12.7. The molecule has 0 saturated carbocycles. The Morgan fingerprint density at radius 3 is 2.50 bits per heavy atom. The fourth-order valence-electron chi connectivity index (χ4n) is 2.46. The predicted octanol–water partition coefficient (Wildman–Crippen LogP) is 3.77. The summed E-state index contributed by atoms with van der Waals surface area (Å²) in [6, 6.07) is 16.4. The quantitative estimate of drug-likeness (QED) is 0.736. The van der Waals surface area contributed by atoms with Crippen molar-refractivity contribution in [2.24, 2.45) is 0 Å². The van der Waals surface area contributed by atoms with E-state index in [1.54, 1.807) is 42.9 Å². The SMILES string of the molecule is CC(Nc1ncccc1C#N)c1ccc(NC(=O)c2ccncc2)cc1. The molecule has 0 radical (unpaired) electrons. The van der Waals surface area contributed by atoms with Crippen LogP contribution in [0.3, 0.4) is 0 Å². The Kier molecular flexibility index (Phi) is 5.20. The molecule has 0 bridgehead atoms. The third-order valence-corrected chi connectivity index (χ3v) is 3.89. The van der Waals surface area contributed by atoms with Crippen LogP contribution in [0.2, 0.25) is 0 Å². The summed E-state index contributed by atoms with van der Waals surface area (Å²) >= 11 is 0. The number of hydrogen-bond donors (Lipinski definition) is 2. The zero-order valence-corrected chi connectivity index (χ0v) is 14.2. The number of amides is 1. The molecular weight excluding hydrogens is 326 g/mol. The second kappa shape index (κ2) is 7.90. The summed E-state index contributed by atoms with van der Waals surface area (Å²) < 4.78 is 0. The highest BCUT2D eigenvalue weighted by molar-refractivity contribution is 6.04. The van der Waals surface area contributed by atoms with Gasteiger partial charge in [-0.05, 0) is 48.9 Å². The van der Waals surface area contributed by atoms with E-state index < -0.39 is 0 Å². The van der Waals surface area contributed by atoms with Gasteiger partial charge in [0.2, 0.25) is 0 Å².